The maximum Gasteiger partial charge on any atom is 0.347 e. The highest BCUT2D eigenvalue weighted by molar-refractivity contribution is 7.11. The zero-order valence-electron chi connectivity index (χ0n) is 11.8. The second kappa shape index (κ2) is 6.55. The van der Waals surface area contributed by atoms with E-state index in [2.05, 4.69) is 20.5 Å². The first-order valence-electron chi connectivity index (χ1n) is 6.69. The maximum absolute atomic E-state index is 11.0. The molecule has 0 saturated carbocycles. The van der Waals surface area contributed by atoms with Crippen LogP contribution in [0.5, 0.6) is 0 Å². The zero-order chi connectivity index (χ0) is 16.2. The minimum atomic E-state index is -1.03. The Labute approximate surface area is 135 Å². The van der Waals surface area contributed by atoms with Crippen molar-refractivity contribution in [2.24, 2.45) is 0 Å². The summed E-state index contributed by atoms with van der Waals surface area (Å²) in [6, 6.07) is 7.31. The van der Waals surface area contributed by atoms with Crippen molar-refractivity contribution >= 4 is 23.0 Å². The van der Waals surface area contributed by atoms with Gasteiger partial charge in [0.15, 0.2) is 0 Å². The van der Waals surface area contributed by atoms with E-state index in [0.29, 0.717) is 11.4 Å². The van der Waals surface area contributed by atoms with Gasteiger partial charge in [0.1, 0.15) is 23.8 Å². The fraction of sp³-hybridized carbons (Fsp3) is 0.143. The molecule has 0 aliphatic rings. The standard InChI is InChI=1S/C14H13N5O3S/c20-12(5-11-13(14(21)22)23-8-15-11)18-9-1-3-10(4-2-9)19-6-16-17-7-19/h1-4,6-8,12,18,20H,5H2,(H,21,22). The predicted molar refractivity (Wildman–Crippen MR) is 83.8 cm³/mol. The Kier molecular flexibility index (Phi) is 4.31. The number of rotatable bonds is 6. The molecule has 1 aromatic carbocycles. The number of carboxylic acid groups (broad SMARTS) is 1. The molecule has 0 radical (unpaired) electrons. The molecule has 3 aromatic rings. The number of carboxylic acids is 1. The van der Waals surface area contributed by atoms with Crippen molar-refractivity contribution in [3.63, 3.8) is 0 Å². The smallest absolute Gasteiger partial charge is 0.347 e. The summed E-state index contributed by atoms with van der Waals surface area (Å²) in [7, 11) is 0. The van der Waals surface area contributed by atoms with E-state index in [-0.39, 0.29) is 11.3 Å². The normalized spacial score (nSPS) is 12.0. The van der Waals surface area contributed by atoms with E-state index in [4.69, 9.17) is 5.11 Å². The molecule has 3 N–H and O–H groups in total. The lowest BCUT2D eigenvalue weighted by molar-refractivity contribution is 0.0700. The number of benzene rings is 1. The summed E-state index contributed by atoms with van der Waals surface area (Å²) < 4.78 is 1.76. The van der Waals surface area contributed by atoms with Gasteiger partial charge in [-0.2, -0.15) is 0 Å². The average Bonchev–Trinajstić information content (AvgIpc) is 3.19. The molecule has 2 heterocycles. The van der Waals surface area contributed by atoms with E-state index in [1.54, 1.807) is 29.4 Å². The number of hydrogen-bond acceptors (Lipinski definition) is 7. The number of hydrogen-bond donors (Lipinski definition) is 3. The van der Waals surface area contributed by atoms with Crippen LogP contribution in [-0.2, 0) is 6.42 Å². The zero-order valence-corrected chi connectivity index (χ0v) is 12.6. The van der Waals surface area contributed by atoms with Crippen LogP contribution < -0.4 is 5.32 Å². The van der Waals surface area contributed by atoms with Crippen LogP contribution >= 0.6 is 11.3 Å². The van der Waals surface area contributed by atoms with Gasteiger partial charge in [-0.05, 0) is 24.3 Å². The molecule has 0 amide bonds. The highest BCUT2D eigenvalue weighted by Gasteiger charge is 2.16. The molecule has 0 saturated heterocycles. The van der Waals surface area contributed by atoms with Crippen LogP contribution in [0.1, 0.15) is 15.4 Å². The van der Waals surface area contributed by atoms with Gasteiger partial charge in [0, 0.05) is 17.8 Å². The quantitative estimate of drug-likeness (QED) is 0.585. The van der Waals surface area contributed by atoms with Gasteiger partial charge < -0.3 is 15.5 Å². The van der Waals surface area contributed by atoms with Gasteiger partial charge in [-0.15, -0.1) is 21.5 Å². The SMILES string of the molecule is O=C(O)c1scnc1CC(O)Nc1ccc(-n2cnnc2)cc1. The van der Waals surface area contributed by atoms with Gasteiger partial charge in [0.05, 0.1) is 11.2 Å². The Morgan fingerprint density at radius 3 is 2.61 bits per heavy atom. The van der Waals surface area contributed by atoms with Crippen LogP contribution in [0.3, 0.4) is 0 Å². The van der Waals surface area contributed by atoms with Crippen molar-refractivity contribution < 1.29 is 15.0 Å². The largest absolute Gasteiger partial charge is 0.477 e. The van der Waals surface area contributed by atoms with Crippen molar-refractivity contribution in [3.05, 3.63) is 53.0 Å². The molecule has 1 atom stereocenters. The average molecular weight is 331 g/mol. The molecule has 8 nitrogen and oxygen atoms in total. The first-order valence-corrected chi connectivity index (χ1v) is 7.57. The molecule has 1 unspecified atom stereocenters. The lowest BCUT2D eigenvalue weighted by Gasteiger charge is -2.14. The van der Waals surface area contributed by atoms with Crippen LogP contribution in [0.2, 0.25) is 0 Å². The third kappa shape index (κ3) is 3.52. The van der Waals surface area contributed by atoms with Crippen LogP contribution in [0.25, 0.3) is 5.69 Å². The van der Waals surface area contributed by atoms with Crippen LogP contribution in [0.4, 0.5) is 5.69 Å². The van der Waals surface area contributed by atoms with E-state index in [1.165, 1.54) is 5.51 Å². The van der Waals surface area contributed by atoms with Gasteiger partial charge in [-0.1, -0.05) is 0 Å². The number of aliphatic hydroxyl groups excluding tert-OH is 1. The van der Waals surface area contributed by atoms with Gasteiger partial charge in [-0.3, -0.25) is 4.57 Å². The summed E-state index contributed by atoms with van der Waals surface area (Å²) >= 11 is 1.04. The highest BCUT2D eigenvalue weighted by atomic mass is 32.1. The Morgan fingerprint density at radius 2 is 1.96 bits per heavy atom. The first-order chi connectivity index (χ1) is 11.1. The predicted octanol–water partition coefficient (Wildman–Crippen LogP) is 1.39. The van der Waals surface area contributed by atoms with Crippen LogP contribution in [0.15, 0.2) is 42.4 Å². The first kappa shape index (κ1) is 15.1. The van der Waals surface area contributed by atoms with Crippen molar-refractivity contribution in [3.8, 4) is 5.69 Å². The molecular weight excluding hydrogens is 318 g/mol. The lowest BCUT2D eigenvalue weighted by atomic mass is 10.2. The summed E-state index contributed by atoms with van der Waals surface area (Å²) in [6.07, 6.45) is 2.36. The molecule has 23 heavy (non-hydrogen) atoms. The number of aromatic nitrogens is 4. The molecule has 0 fully saturated rings. The van der Waals surface area contributed by atoms with Crippen molar-refractivity contribution in [1.82, 2.24) is 19.7 Å². The van der Waals surface area contributed by atoms with E-state index < -0.39 is 12.2 Å². The molecule has 0 aliphatic carbocycles. The molecule has 0 bridgehead atoms. The minimum absolute atomic E-state index is 0.109. The molecule has 0 spiro atoms. The Balaban J connectivity index is 1.65. The second-order valence-corrected chi connectivity index (χ2v) is 5.57. The van der Waals surface area contributed by atoms with Gasteiger partial charge in [0.25, 0.3) is 0 Å². The van der Waals surface area contributed by atoms with Gasteiger partial charge in [-0.25, -0.2) is 9.78 Å². The van der Waals surface area contributed by atoms with Crippen molar-refractivity contribution in [1.29, 1.82) is 0 Å². The van der Waals surface area contributed by atoms with Gasteiger partial charge in [0.2, 0.25) is 0 Å². The summed E-state index contributed by atoms with van der Waals surface area (Å²) in [5, 5.41) is 29.5. The molecule has 2 aromatic heterocycles. The highest BCUT2D eigenvalue weighted by Crippen LogP contribution is 2.17. The van der Waals surface area contributed by atoms with Crippen molar-refractivity contribution in [2.75, 3.05) is 5.32 Å². The van der Waals surface area contributed by atoms with Gasteiger partial charge >= 0.3 is 5.97 Å². The number of thiazole rings is 1. The third-order valence-electron chi connectivity index (χ3n) is 3.14. The molecule has 9 heteroatoms. The Bertz CT molecular complexity index is 785. The van der Waals surface area contributed by atoms with Crippen molar-refractivity contribution in [2.45, 2.75) is 12.6 Å². The fourth-order valence-corrected chi connectivity index (χ4v) is 2.74. The number of carbonyl (C=O) groups is 1. The molecular formula is C14H13N5O3S. The molecule has 3 rings (SSSR count). The van der Waals surface area contributed by atoms with E-state index in [1.807, 2.05) is 12.1 Å². The second-order valence-electron chi connectivity index (χ2n) is 4.71. The maximum atomic E-state index is 11.0. The van der Waals surface area contributed by atoms with E-state index in [9.17, 15) is 9.90 Å². The van der Waals surface area contributed by atoms with E-state index >= 15 is 0 Å². The van der Waals surface area contributed by atoms with Crippen LogP contribution in [0, 0.1) is 0 Å². The number of aliphatic hydroxyl groups is 1. The number of nitrogens with zero attached hydrogens (tertiary/aromatic N) is 4. The summed E-state index contributed by atoms with van der Waals surface area (Å²) in [5.41, 5.74) is 3.42. The van der Waals surface area contributed by atoms with E-state index in [0.717, 1.165) is 17.0 Å². The number of nitrogens with one attached hydrogen (secondary N) is 1. The topological polar surface area (TPSA) is 113 Å². The third-order valence-corrected chi connectivity index (χ3v) is 4.00. The fourth-order valence-electron chi connectivity index (χ4n) is 2.08. The molecule has 0 aliphatic heterocycles. The Morgan fingerprint density at radius 1 is 1.26 bits per heavy atom. The van der Waals surface area contributed by atoms with Crippen LogP contribution in [-0.4, -0.2) is 42.2 Å². The summed E-state index contributed by atoms with van der Waals surface area (Å²) in [5.74, 6) is -1.03. The molecule has 118 valence electrons. The summed E-state index contributed by atoms with van der Waals surface area (Å²) in [6.45, 7) is 0. The monoisotopic (exact) mass is 331 g/mol. The lowest BCUT2D eigenvalue weighted by Crippen LogP contribution is -2.22. The Hall–Kier alpha value is -2.78. The minimum Gasteiger partial charge on any atom is -0.477 e. The number of aromatic carboxylic acids is 1. The number of anilines is 1. The summed E-state index contributed by atoms with van der Waals surface area (Å²) in [4.78, 5) is 15.2.